The second kappa shape index (κ2) is 3.64. The van der Waals surface area contributed by atoms with Crippen LogP contribution in [0.2, 0.25) is 0 Å². The molecule has 1 aromatic rings. The summed E-state index contributed by atoms with van der Waals surface area (Å²) in [5, 5.41) is 6.73. The minimum atomic E-state index is 0.0528. The van der Waals surface area contributed by atoms with Gasteiger partial charge >= 0.3 is 0 Å². The van der Waals surface area contributed by atoms with E-state index < -0.39 is 0 Å². The lowest BCUT2D eigenvalue weighted by molar-refractivity contribution is 0.402. The fourth-order valence-electron chi connectivity index (χ4n) is 2.63. The lowest BCUT2D eigenvalue weighted by Crippen LogP contribution is -2.30. The first-order chi connectivity index (χ1) is 8.47. The molecule has 2 aliphatic heterocycles. The molecule has 0 saturated heterocycles. The van der Waals surface area contributed by atoms with E-state index in [9.17, 15) is 0 Å². The lowest BCUT2D eigenvalue weighted by atomic mass is 10.1. The van der Waals surface area contributed by atoms with Crippen molar-refractivity contribution in [3.05, 3.63) is 29.7 Å². The summed E-state index contributed by atoms with van der Waals surface area (Å²) in [6, 6.07) is 0. The summed E-state index contributed by atoms with van der Waals surface area (Å²) >= 11 is 0. The summed E-state index contributed by atoms with van der Waals surface area (Å²) in [6.45, 7) is 11.6. The first kappa shape index (κ1) is 11.4. The molecule has 0 saturated carbocycles. The molecule has 0 atom stereocenters. The third kappa shape index (κ3) is 1.64. The number of amidine groups is 1. The monoisotopic (exact) mass is 244 g/mol. The van der Waals surface area contributed by atoms with Crippen LogP contribution in [0.3, 0.4) is 0 Å². The van der Waals surface area contributed by atoms with E-state index in [1.807, 2.05) is 0 Å². The summed E-state index contributed by atoms with van der Waals surface area (Å²) in [6.07, 6.45) is 4.51. The molecule has 18 heavy (non-hydrogen) atoms. The summed E-state index contributed by atoms with van der Waals surface area (Å²) in [5.41, 5.74) is 2.66. The van der Waals surface area contributed by atoms with Crippen LogP contribution in [-0.2, 0) is 12.0 Å². The lowest BCUT2D eigenvalue weighted by Gasteiger charge is -2.27. The molecule has 0 spiro atoms. The van der Waals surface area contributed by atoms with Crippen molar-refractivity contribution in [2.45, 2.75) is 39.2 Å². The third-order valence-corrected chi connectivity index (χ3v) is 3.47. The quantitative estimate of drug-likeness (QED) is 0.736. The van der Waals surface area contributed by atoms with Crippen LogP contribution >= 0.6 is 0 Å². The van der Waals surface area contributed by atoms with Gasteiger partial charge in [-0.3, -0.25) is 0 Å². The van der Waals surface area contributed by atoms with Crippen molar-refractivity contribution < 1.29 is 0 Å². The number of hydrogen-bond donors (Lipinski definition) is 2. The van der Waals surface area contributed by atoms with Crippen molar-refractivity contribution in [3.63, 3.8) is 0 Å². The topological polar surface area (TPSA) is 41.4 Å². The molecule has 2 aliphatic rings. The summed E-state index contributed by atoms with van der Waals surface area (Å²) in [7, 11) is 0. The van der Waals surface area contributed by atoms with Gasteiger partial charge in [-0.15, -0.1) is 0 Å². The van der Waals surface area contributed by atoms with Crippen LogP contribution in [0.25, 0.3) is 0 Å². The standard InChI is InChI=1S/C14H20N4/c1-9-16-12-11-10(6-5-7-15-12)8-18(13(11)17-9)14(2,3)4/h8,17H,1,5-7H2,2-4H3,(H,15,16). The van der Waals surface area contributed by atoms with Crippen LogP contribution in [0.5, 0.6) is 0 Å². The van der Waals surface area contributed by atoms with E-state index in [4.69, 9.17) is 0 Å². The van der Waals surface area contributed by atoms with E-state index in [0.717, 1.165) is 31.0 Å². The highest BCUT2D eigenvalue weighted by atomic mass is 15.2. The number of anilines is 1. The molecule has 4 nitrogen and oxygen atoms in total. The molecule has 0 bridgehead atoms. The molecule has 3 rings (SSSR count). The van der Waals surface area contributed by atoms with Crippen molar-refractivity contribution in [1.29, 1.82) is 0 Å². The van der Waals surface area contributed by atoms with Crippen LogP contribution < -0.4 is 10.6 Å². The molecule has 0 unspecified atom stereocenters. The number of nitrogens with zero attached hydrogens (tertiary/aromatic N) is 2. The number of hydrogen-bond acceptors (Lipinski definition) is 3. The molecule has 0 radical (unpaired) electrons. The zero-order chi connectivity index (χ0) is 12.9. The highest BCUT2D eigenvalue weighted by molar-refractivity contribution is 6.07. The van der Waals surface area contributed by atoms with Gasteiger partial charge in [-0.2, -0.15) is 0 Å². The molecule has 0 aromatic carbocycles. The van der Waals surface area contributed by atoms with Crippen molar-refractivity contribution in [2.75, 3.05) is 11.9 Å². The zero-order valence-electron chi connectivity index (χ0n) is 11.3. The maximum absolute atomic E-state index is 4.50. The number of rotatable bonds is 0. The first-order valence-corrected chi connectivity index (χ1v) is 6.50. The van der Waals surface area contributed by atoms with E-state index in [2.05, 4.69) is 53.7 Å². The molecule has 0 fully saturated rings. The molecule has 3 heterocycles. The average molecular weight is 244 g/mol. The Balaban J connectivity index is 2.24. The largest absolute Gasteiger partial charge is 0.369 e. The summed E-state index contributed by atoms with van der Waals surface area (Å²) < 4.78 is 2.30. The molecule has 1 aromatic heterocycles. The Bertz CT molecular complexity index is 543. The molecule has 0 aliphatic carbocycles. The van der Waals surface area contributed by atoms with Crippen LogP contribution in [0.4, 0.5) is 5.82 Å². The minimum absolute atomic E-state index is 0.0528. The number of aromatic nitrogens is 1. The predicted octanol–water partition coefficient (Wildman–Crippen LogP) is 2.42. The van der Waals surface area contributed by atoms with E-state index in [1.165, 1.54) is 11.1 Å². The van der Waals surface area contributed by atoms with Crippen molar-refractivity contribution in [2.24, 2.45) is 4.99 Å². The first-order valence-electron chi connectivity index (χ1n) is 6.50. The average Bonchev–Trinajstić information content (AvgIpc) is 2.49. The second-order valence-electron chi connectivity index (χ2n) is 5.98. The maximum Gasteiger partial charge on any atom is 0.139 e. The van der Waals surface area contributed by atoms with Crippen LogP contribution in [-0.4, -0.2) is 16.9 Å². The minimum Gasteiger partial charge on any atom is -0.369 e. The van der Waals surface area contributed by atoms with Gasteiger partial charge in [-0.25, -0.2) is 4.99 Å². The van der Waals surface area contributed by atoms with Crippen molar-refractivity contribution in [3.8, 4) is 0 Å². The molecule has 2 N–H and O–H groups in total. The highest BCUT2D eigenvalue weighted by Crippen LogP contribution is 2.34. The Hall–Kier alpha value is -1.71. The Morgan fingerprint density at radius 2 is 2.17 bits per heavy atom. The van der Waals surface area contributed by atoms with Crippen LogP contribution in [0.15, 0.2) is 23.6 Å². The Morgan fingerprint density at radius 3 is 2.89 bits per heavy atom. The Kier molecular flexibility index (Phi) is 2.30. The van der Waals surface area contributed by atoms with Gasteiger partial charge in [0.1, 0.15) is 17.5 Å². The van der Waals surface area contributed by atoms with Gasteiger partial charge in [0.15, 0.2) is 0 Å². The number of aryl methyl sites for hydroxylation is 1. The molecular formula is C14H20N4. The SMILES string of the molecule is C=C1N=C2NCCCc3cn(C(C)(C)C)c(c32)N1. The van der Waals surface area contributed by atoms with E-state index >= 15 is 0 Å². The Morgan fingerprint density at radius 1 is 1.39 bits per heavy atom. The normalized spacial score (nSPS) is 18.4. The van der Waals surface area contributed by atoms with Crippen molar-refractivity contribution >= 4 is 11.7 Å². The van der Waals surface area contributed by atoms with Gasteiger partial charge < -0.3 is 15.2 Å². The number of nitrogens with one attached hydrogen (secondary N) is 2. The highest BCUT2D eigenvalue weighted by Gasteiger charge is 2.29. The van der Waals surface area contributed by atoms with Crippen molar-refractivity contribution in [1.82, 2.24) is 9.88 Å². The smallest absolute Gasteiger partial charge is 0.139 e. The van der Waals surface area contributed by atoms with Gasteiger partial charge in [-0.1, -0.05) is 6.58 Å². The summed E-state index contributed by atoms with van der Waals surface area (Å²) in [5.74, 6) is 2.81. The van der Waals surface area contributed by atoms with Gasteiger partial charge in [0.25, 0.3) is 0 Å². The van der Waals surface area contributed by atoms with Gasteiger partial charge in [0.05, 0.1) is 5.56 Å². The van der Waals surface area contributed by atoms with Crippen LogP contribution in [0, 0.1) is 0 Å². The predicted molar refractivity (Wildman–Crippen MR) is 75.1 cm³/mol. The second-order valence-corrected chi connectivity index (χ2v) is 5.98. The van der Waals surface area contributed by atoms with E-state index in [1.54, 1.807) is 0 Å². The maximum atomic E-state index is 4.50. The zero-order valence-corrected chi connectivity index (χ0v) is 11.3. The van der Waals surface area contributed by atoms with Gasteiger partial charge in [0.2, 0.25) is 0 Å². The third-order valence-electron chi connectivity index (χ3n) is 3.47. The van der Waals surface area contributed by atoms with Crippen LogP contribution in [0.1, 0.15) is 38.3 Å². The molecule has 4 heteroatoms. The Labute approximate surface area is 108 Å². The fourth-order valence-corrected chi connectivity index (χ4v) is 2.63. The number of aliphatic imine (C=N–C) groups is 1. The summed E-state index contributed by atoms with van der Waals surface area (Å²) in [4.78, 5) is 4.50. The molecule has 96 valence electrons. The van der Waals surface area contributed by atoms with E-state index in [-0.39, 0.29) is 5.54 Å². The molecular weight excluding hydrogens is 224 g/mol. The molecule has 0 amide bonds. The van der Waals surface area contributed by atoms with Gasteiger partial charge in [0, 0.05) is 18.3 Å². The van der Waals surface area contributed by atoms with Gasteiger partial charge in [-0.05, 0) is 39.2 Å². The van der Waals surface area contributed by atoms with E-state index in [0.29, 0.717) is 5.82 Å². The fraction of sp³-hybridized carbons (Fsp3) is 0.500.